The van der Waals surface area contributed by atoms with E-state index < -0.39 is 10.0 Å². The van der Waals surface area contributed by atoms with Gasteiger partial charge in [-0.25, -0.2) is 13.1 Å². The van der Waals surface area contributed by atoms with E-state index in [1.165, 1.54) is 30.5 Å². The molecule has 6 nitrogen and oxygen atoms in total. The van der Waals surface area contributed by atoms with Crippen LogP contribution in [0, 0.1) is 6.92 Å². The van der Waals surface area contributed by atoms with E-state index in [2.05, 4.69) is 10.0 Å². The number of hydrogen-bond donors (Lipinski definition) is 2. The van der Waals surface area contributed by atoms with E-state index >= 15 is 0 Å². The van der Waals surface area contributed by atoms with Gasteiger partial charge in [0.15, 0.2) is 0 Å². The molecule has 0 saturated carbocycles. The molecule has 0 bridgehead atoms. The molecule has 0 radical (unpaired) electrons. The first-order chi connectivity index (χ1) is 12.9. The van der Waals surface area contributed by atoms with Crippen molar-refractivity contribution in [2.24, 2.45) is 0 Å². The molecule has 2 aromatic carbocycles. The molecule has 27 heavy (non-hydrogen) atoms. The Bertz CT molecular complexity index is 993. The van der Waals surface area contributed by atoms with Gasteiger partial charge in [0.1, 0.15) is 5.76 Å². The number of furan rings is 1. The lowest BCUT2D eigenvalue weighted by Gasteiger charge is -2.08. The number of carbonyl (C=O) groups excluding carboxylic acids is 1. The quantitative estimate of drug-likeness (QED) is 0.655. The van der Waals surface area contributed by atoms with E-state index in [9.17, 15) is 13.2 Å². The van der Waals surface area contributed by atoms with Crippen molar-refractivity contribution in [2.45, 2.75) is 24.9 Å². The molecule has 3 aromatic rings. The first kappa shape index (κ1) is 18.9. The summed E-state index contributed by atoms with van der Waals surface area (Å²) in [6, 6.07) is 16.9. The number of benzene rings is 2. The number of rotatable bonds is 7. The minimum Gasteiger partial charge on any atom is -0.467 e. The molecule has 1 heterocycles. The van der Waals surface area contributed by atoms with Gasteiger partial charge >= 0.3 is 0 Å². The zero-order chi connectivity index (χ0) is 19.3. The summed E-state index contributed by atoms with van der Waals surface area (Å²) in [4.78, 5) is 12.2. The maximum atomic E-state index is 12.4. The summed E-state index contributed by atoms with van der Waals surface area (Å²) in [7, 11) is -3.66. The second-order valence-corrected chi connectivity index (χ2v) is 7.86. The first-order valence-corrected chi connectivity index (χ1v) is 9.88. The Balaban J connectivity index is 1.61. The topological polar surface area (TPSA) is 88.4 Å². The highest BCUT2D eigenvalue weighted by Gasteiger charge is 2.15. The number of nitrogens with one attached hydrogen (secondary N) is 2. The molecule has 0 aliphatic carbocycles. The fourth-order valence-electron chi connectivity index (χ4n) is 2.44. The molecular formula is C20H20N2O4S. The van der Waals surface area contributed by atoms with Crippen molar-refractivity contribution in [1.29, 1.82) is 0 Å². The maximum absolute atomic E-state index is 12.4. The fraction of sp³-hybridized carbons (Fsp3) is 0.150. The van der Waals surface area contributed by atoms with E-state index in [1.54, 1.807) is 12.1 Å². The van der Waals surface area contributed by atoms with Gasteiger partial charge in [-0.2, -0.15) is 0 Å². The van der Waals surface area contributed by atoms with Crippen molar-refractivity contribution in [3.05, 3.63) is 89.4 Å². The summed E-state index contributed by atoms with van der Waals surface area (Å²) in [5.74, 6) is 0.339. The van der Waals surface area contributed by atoms with Gasteiger partial charge in [-0.1, -0.05) is 29.8 Å². The van der Waals surface area contributed by atoms with Crippen LogP contribution in [0.15, 0.2) is 76.2 Å². The van der Waals surface area contributed by atoms with E-state index in [-0.39, 0.29) is 23.9 Å². The maximum Gasteiger partial charge on any atom is 0.251 e. The predicted molar refractivity (Wildman–Crippen MR) is 102 cm³/mol. The lowest BCUT2D eigenvalue weighted by Crippen LogP contribution is -2.24. The zero-order valence-corrected chi connectivity index (χ0v) is 15.6. The van der Waals surface area contributed by atoms with Gasteiger partial charge in [-0.05, 0) is 48.9 Å². The average molecular weight is 384 g/mol. The van der Waals surface area contributed by atoms with Crippen molar-refractivity contribution in [3.8, 4) is 0 Å². The molecule has 0 atom stereocenters. The normalized spacial score (nSPS) is 11.3. The second kappa shape index (κ2) is 8.20. The minimum atomic E-state index is -3.66. The molecule has 3 rings (SSSR count). The van der Waals surface area contributed by atoms with Gasteiger partial charge in [-0.15, -0.1) is 0 Å². The van der Waals surface area contributed by atoms with Crippen molar-refractivity contribution in [3.63, 3.8) is 0 Å². The lowest BCUT2D eigenvalue weighted by atomic mass is 10.2. The van der Waals surface area contributed by atoms with Crippen molar-refractivity contribution >= 4 is 15.9 Å². The van der Waals surface area contributed by atoms with Crippen LogP contribution in [-0.2, 0) is 23.1 Å². The summed E-state index contributed by atoms with van der Waals surface area (Å²) in [6.07, 6.45) is 1.53. The summed E-state index contributed by atoms with van der Waals surface area (Å²) < 4.78 is 32.5. The first-order valence-electron chi connectivity index (χ1n) is 8.40. The largest absolute Gasteiger partial charge is 0.467 e. The van der Waals surface area contributed by atoms with Crippen molar-refractivity contribution in [1.82, 2.24) is 10.0 Å². The average Bonchev–Trinajstić information content (AvgIpc) is 3.19. The third-order valence-electron chi connectivity index (χ3n) is 4.02. The van der Waals surface area contributed by atoms with E-state index in [4.69, 9.17) is 4.42 Å². The van der Waals surface area contributed by atoms with Crippen LogP contribution in [0.1, 0.15) is 27.2 Å². The Labute approximate surface area is 158 Å². The van der Waals surface area contributed by atoms with Crippen LogP contribution in [0.3, 0.4) is 0 Å². The lowest BCUT2D eigenvalue weighted by molar-refractivity contribution is 0.0948. The van der Waals surface area contributed by atoms with Crippen molar-refractivity contribution < 1.29 is 17.6 Å². The molecule has 0 aliphatic rings. The Morgan fingerprint density at radius 3 is 2.30 bits per heavy atom. The number of hydrogen-bond acceptors (Lipinski definition) is 4. The number of amides is 1. The van der Waals surface area contributed by atoms with Gasteiger partial charge in [-0.3, -0.25) is 4.79 Å². The van der Waals surface area contributed by atoms with Crippen molar-refractivity contribution in [2.75, 3.05) is 0 Å². The monoisotopic (exact) mass is 384 g/mol. The van der Waals surface area contributed by atoms with Gasteiger partial charge in [0, 0.05) is 12.1 Å². The van der Waals surface area contributed by atoms with Crippen LogP contribution in [0.25, 0.3) is 0 Å². The fourth-order valence-corrected chi connectivity index (χ4v) is 3.45. The standard InChI is InChI=1S/C20H20N2O4S/c1-15-4-6-16(7-5-15)13-22-27(24,25)19-10-8-17(9-11-19)20(23)21-14-18-3-2-12-26-18/h2-12,22H,13-14H2,1H3,(H,21,23). The molecular weight excluding hydrogens is 364 g/mol. The SMILES string of the molecule is Cc1ccc(CNS(=O)(=O)c2ccc(C(=O)NCc3ccco3)cc2)cc1. The minimum absolute atomic E-state index is 0.109. The van der Waals surface area contributed by atoms with Crippen LogP contribution < -0.4 is 10.0 Å². The van der Waals surface area contributed by atoms with E-state index in [0.29, 0.717) is 11.3 Å². The zero-order valence-electron chi connectivity index (χ0n) is 14.8. The molecule has 2 N–H and O–H groups in total. The summed E-state index contributed by atoms with van der Waals surface area (Å²) in [5, 5.41) is 2.71. The predicted octanol–water partition coefficient (Wildman–Crippen LogP) is 3.00. The molecule has 0 fully saturated rings. The van der Waals surface area contributed by atoms with Gasteiger partial charge in [0.2, 0.25) is 10.0 Å². The Morgan fingerprint density at radius 1 is 0.963 bits per heavy atom. The molecule has 1 amide bonds. The summed E-state index contributed by atoms with van der Waals surface area (Å²) in [6.45, 7) is 2.44. The molecule has 140 valence electrons. The Morgan fingerprint density at radius 2 is 1.67 bits per heavy atom. The van der Waals surface area contributed by atoms with Gasteiger partial charge in [0.05, 0.1) is 17.7 Å². The van der Waals surface area contributed by atoms with Crippen LogP contribution in [0.4, 0.5) is 0 Å². The third kappa shape index (κ3) is 5.06. The smallest absolute Gasteiger partial charge is 0.251 e. The summed E-state index contributed by atoms with van der Waals surface area (Å²) >= 11 is 0. The number of aryl methyl sites for hydroxylation is 1. The molecule has 0 aliphatic heterocycles. The van der Waals surface area contributed by atoms with Crippen LogP contribution >= 0.6 is 0 Å². The highest BCUT2D eigenvalue weighted by atomic mass is 32.2. The van der Waals surface area contributed by atoms with Gasteiger partial charge in [0.25, 0.3) is 5.91 Å². The highest BCUT2D eigenvalue weighted by molar-refractivity contribution is 7.89. The van der Waals surface area contributed by atoms with Crippen LogP contribution in [0.5, 0.6) is 0 Å². The van der Waals surface area contributed by atoms with E-state index in [0.717, 1.165) is 11.1 Å². The Hall–Kier alpha value is -2.90. The van der Waals surface area contributed by atoms with E-state index in [1.807, 2.05) is 31.2 Å². The second-order valence-electron chi connectivity index (χ2n) is 6.10. The van der Waals surface area contributed by atoms with Gasteiger partial charge < -0.3 is 9.73 Å². The molecule has 0 saturated heterocycles. The van der Waals surface area contributed by atoms with Crippen LogP contribution in [0.2, 0.25) is 0 Å². The third-order valence-corrected chi connectivity index (χ3v) is 5.43. The highest BCUT2D eigenvalue weighted by Crippen LogP contribution is 2.12. The summed E-state index contributed by atoms with van der Waals surface area (Å²) in [5.41, 5.74) is 2.36. The Kier molecular flexibility index (Phi) is 5.73. The molecule has 7 heteroatoms. The molecule has 0 spiro atoms. The number of sulfonamides is 1. The van der Waals surface area contributed by atoms with Crippen LogP contribution in [-0.4, -0.2) is 14.3 Å². The number of carbonyl (C=O) groups is 1. The molecule has 1 aromatic heterocycles. The molecule has 0 unspecified atom stereocenters.